The second kappa shape index (κ2) is 6.91. The average molecular weight is 364 g/mol. The fraction of sp³-hybridized carbons (Fsp3) is 0.167. The van der Waals surface area contributed by atoms with E-state index in [9.17, 15) is 4.79 Å². The number of rotatable bonds is 4. The van der Waals surface area contributed by atoms with Gasteiger partial charge in [0.15, 0.2) is 0 Å². The highest BCUT2D eigenvalue weighted by Crippen LogP contribution is 2.34. The fourth-order valence-electron chi connectivity index (χ4n) is 2.56. The summed E-state index contributed by atoms with van der Waals surface area (Å²) >= 11 is 13.7. The van der Waals surface area contributed by atoms with Gasteiger partial charge in [-0.2, -0.15) is 0 Å². The number of carbonyl (C=O) groups excluding carboxylic acids is 1. The number of aryl methyl sites for hydroxylation is 1. The molecule has 2 nitrogen and oxygen atoms in total. The third-order valence-electron chi connectivity index (χ3n) is 3.60. The molecule has 0 aliphatic carbocycles. The third-order valence-corrected chi connectivity index (χ3v) is 5.64. The molecule has 1 aromatic heterocycles. The van der Waals surface area contributed by atoms with E-state index in [0.29, 0.717) is 15.7 Å². The summed E-state index contributed by atoms with van der Waals surface area (Å²) in [6, 6.07) is 13.3. The zero-order chi connectivity index (χ0) is 16.4. The molecule has 0 saturated carbocycles. The predicted molar refractivity (Wildman–Crippen MR) is 100 cm³/mol. The van der Waals surface area contributed by atoms with E-state index in [0.717, 1.165) is 33.4 Å². The van der Waals surface area contributed by atoms with Gasteiger partial charge in [0, 0.05) is 4.70 Å². The smallest absolute Gasteiger partial charge is 0.266 e. The van der Waals surface area contributed by atoms with Gasteiger partial charge in [-0.05, 0) is 35.6 Å². The number of halogens is 2. The van der Waals surface area contributed by atoms with Crippen LogP contribution in [0.5, 0.6) is 0 Å². The van der Waals surface area contributed by atoms with Gasteiger partial charge in [-0.15, -0.1) is 11.3 Å². The van der Waals surface area contributed by atoms with Crippen LogP contribution in [-0.2, 0) is 6.42 Å². The summed E-state index contributed by atoms with van der Waals surface area (Å²) in [4.78, 5) is 13.5. The molecule has 0 fully saturated rings. The lowest BCUT2D eigenvalue weighted by molar-refractivity contribution is 0.103. The summed E-state index contributed by atoms with van der Waals surface area (Å²) in [5, 5.41) is 4.82. The number of nitrogens with one attached hydrogen (secondary N) is 1. The summed E-state index contributed by atoms with van der Waals surface area (Å²) in [6.45, 7) is 2.11. The minimum absolute atomic E-state index is 0.140. The molecule has 0 aliphatic heterocycles. The summed E-state index contributed by atoms with van der Waals surface area (Å²) in [7, 11) is 0. The number of anilines is 1. The monoisotopic (exact) mass is 363 g/mol. The second-order valence-electron chi connectivity index (χ2n) is 5.21. The minimum Gasteiger partial charge on any atom is -0.320 e. The van der Waals surface area contributed by atoms with E-state index in [1.807, 2.05) is 18.2 Å². The van der Waals surface area contributed by atoms with Gasteiger partial charge in [-0.3, -0.25) is 4.79 Å². The molecular weight excluding hydrogens is 349 g/mol. The molecule has 1 heterocycles. The first-order valence-electron chi connectivity index (χ1n) is 7.37. The van der Waals surface area contributed by atoms with Crippen molar-refractivity contribution in [2.45, 2.75) is 19.8 Å². The van der Waals surface area contributed by atoms with Crippen molar-refractivity contribution in [3.8, 4) is 0 Å². The number of hydrogen-bond acceptors (Lipinski definition) is 2. The van der Waals surface area contributed by atoms with Crippen LogP contribution in [-0.4, -0.2) is 5.91 Å². The Hall–Kier alpha value is -1.55. The molecule has 1 amide bonds. The molecule has 5 heteroatoms. The molecular formula is C18H15Cl2NOS. The first-order valence-corrected chi connectivity index (χ1v) is 8.94. The van der Waals surface area contributed by atoms with Crippen LogP contribution < -0.4 is 5.32 Å². The molecule has 0 saturated heterocycles. The SMILES string of the molecule is CCCc1c(C(=O)Nc2cccc(Cl)c2Cl)sc2ccccc12. The number of carbonyl (C=O) groups is 1. The topological polar surface area (TPSA) is 29.1 Å². The van der Waals surface area contributed by atoms with E-state index in [1.54, 1.807) is 18.2 Å². The molecule has 3 aromatic rings. The zero-order valence-corrected chi connectivity index (χ0v) is 14.9. The maximum atomic E-state index is 12.7. The van der Waals surface area contributed by atoms with Crippen molar-refractivity contribution in [3.05, 3.63) is 63.0 Å². The van der Waals surface area contributed by atoms with Gasteiger partial charge >= 0.3 is 0 Å². The summed E-state index contributed by atoms with van der Waals surface area (Å²) in [6.07, 6.45) is 1.86. The lowest BCUT2D eigenvalue weighted by Gasteiger charge is -2.08. The van der Waals surface area contributed by atoms with Crippen LogP contribution in [0.1, 0.15) is 28.6 Å². The summed E-state index contributed by atoms with van der Waals surface area (Å²) in [5.41, 5.74) is 1.63. The maximum Gasteiger partial charge on any atom is 0.266 e. The summed E-state index contributed by atoms with van der Waals surface area (Å²) in [5.74, 6) is -0.140. The van der Waals surface area contributed by atoms with E-state index in [2.05, 4.69) is 18.3 Å². The zero-order valence-electron chi connectivity index (χ0n) is 12.5. The largest absolute Gasteiger partial charge is 0.320 e. The highest BCUT2D eigenvalue weighted by molar-refractivity contribution is 7.21. The Kier molecular flexibility index (Phi) is 4.90. The number of fused-ring (bicyclic) bond motifs is 1. The molecule has 3 rings (SSSR count). The normalized spacial score (nSPS) is 10.9. The lowest BCUT2D eigenvalue weighted by atomic mass is 10.1. The molecule has 2 aromatic carbocycles. The van der Waals surface area contributed by atoms with E-state index in [1.165, 1.54) is 11.3 Å². The van der Waals surface area contributed by atoms with Gasteiger partial charge in [0.05, 0.1) is 20.6 Å². The van der Waals surface area contributed by atoms with Gasteiger partial charge in [0.2, 0.25) is 0 Å². The van der Waals surface area contributed by atoms with Crippen molar-refractivity contribution in [2.75, 3.05) is 5.32 Å². The molecule has 0 bridgehead atoms. The summed E-state index contributed by atoms with van der Waals surface area (Å²) < 4.78 is 1.12. The van der Waals surface area contributed by atoms with Crippen molar-refractivity contribution in [3.63, 3.8) is 0 Å². The number of hydrogen-bond donors (Lipinski definition) is 1. The minimum atomic E-state index is -0.140. The molecule has 0 aliphatic rings. The number of amides is 1. The van der Waals surface area contributed by atoms with Gasteiger partial charge in [0.1, 0.15) is 0 Å². The van der Waals surface area contributed by atoms with E-state index >= 15 is 0 Å². The van der Waals surface area contributed by atoms with Crippen LogP contribution in [0.2, 0.25) is 10.0 Å². The maximum absolute atomic E-state index is 12.7. The van der Waals surface area contributed by atoms with Gasteiger partial charge < -0.3 is 5.32 Å². The molecule has 118 valence electrons. The predicted octanol–water partition coefficient (Wildman–Crippen LogP) is 6.41. The van der Waals surface area contributed by atoms with Crippen LogP contribution in [0.15, 0.2) is 42.5 Å². The van der Waals surface area contributed by atoms with Crippen molar-refractivity contribution in [2.24, 2.45) is 0 Å². The number of thiophene rings is 1. The number of benzene rings is 2. The Morgan fingerprint density at radius 2 is 1.91 bits per heavy atom. The standard InChI is InChI=1S/C18H15Cl2NOS/c1-2-6-12-11-7-3-4-10-15(11)23-17(12)18(22)21-14-9-5-8-13(19)16(14)20/h3-5,7-10H,2,6H2,1H3,(H,21,22). The average Bonchev–Trinajstić information content (AvgIpc) is 2.91. The van der Waals surface area contributed by atoms with E-state index in [-0.39, 0.29) is 5.91 Å². The van der Waals surface area contributed by atoms with E-state index < -0.39 is 0 Å². The third kappa shape index (κ3) is 3.23. The first-order chi connectivity index (χ1) is 11.1. The van der Waals surface area contributed by atoms with Crippen molar-refractivity contribution in [1.82, 2.24) is 0 Å². The second-order valence-corrected chi connectivity index (χ2v) is 7.05. The Balaban J connectivity index is 2.00. The molecule has 1 N–H and O–H groups in total. The molecule has 0 spiro atoms. The van der Waals surface area contributed by atoms with E-state index in [4.69, 9.17) is 23.2 Å². The first kappa shape index (κ1) is 16.3. The lowest BCUT2D eigenvalue weighted by Crippen LogP contribution is -2.12. The molecule has 0 radical (unpaired) electrons. The quantitative estimate of drug-likeness (QED) is 0.569. The Morgan fingerprint density at radius 1 is 1.13 bits per heavy atom. The Bertz CT molecular complexity index is 873. The van der Waals surface area contributed by atoms with Crippen LogP contribution in [0.25, 0.3) is 10.1 Å². The molecule has 23 heavy (non-hydrogen) atoms. The van der Waals surface area contributed by atoms with Gasteiger partial charge in [-0.1, -0.05) is 60.8 Å². The Labute approximate surface area is 149 Å². The van der Waals surface area contributed by atoms with Crippen LogP contribution in [0.3, 0.4) is 0 Å². The van der Waals surface area contributed by atoms with Crippen LogP contribution in [0.4, 0.5) is 5.69 Å². The van der Waals surface area contributed by atoms with Crippen molar-refractivity contribution in [1.29, 1.82) is 0 Å². The molecule has 0 atom stereocenters. The fourth-order valence-corrected chi connectivity index (χ4v) is 4.05. The highest BCUT2D eigenvalue weighted by atomic mass is 35.5. The van der Waals surface area contributed by atoms with Crippen LogP contribution >= 0.6 is 34.5 Å². The van der Waals surface area contributed by atoms with Crippen molar-refractivity contribution < 1.29 is 4.79 Å². The highest BCUT2D eigenvalue weighted by Gasteiger charge is 2.18. The Morgan fingerprint density at radius 3 is 2.70 bits per heavy atom. The van der Waals surface area contributed by atoms with Gasteiger partial charge in [-0.25, -0.2) is 0 Å². The van der Waals surface area contributed by atoms with Crippen LogP contribution in [0, 0.1) is 0 Å². The molecule has 0 unspecified atom stereocenters. The van der Waals surface area contributed by atoms with Crippen molar-refractivity contribution >= 4 is 56.2 Å². The van der Waals surface area contributed by atoms with Gasteiger partial charge in [0.25, 0.3) is 5.91 Å².